The van der Waals surface area contributed by atoms with Crippen LogP contribution in [-0.4, -0.2) is 62.2 Å². The lowest BCUT2D eigenvalue weighted by molar-refractivity contribution is -0.132. The fourth-order valence-corrected chi connectivity index (χ4v) is 4.49. The summed E-state index contributed by atoms with van der Waals surface area (Å²) in [6, 6.07) is 13.4. The molecule has 1 fully saturated rings. The zero-order chi connectivity index (χ0) is 20.9. The highest BCUT2D eigenvalue weighted by Gasteiger charge is 2.29. The molecule has 2 aromatic carbocycles. The number of nitrogens with one attached hydrogen (secondary N) is 1. The Hall–Kier alpha value is -2.78. The van der Waals surface area contributed by atoms with Crippen molar-refractivity contribution in [2.24, 2.45) is 0 Å². The van der Waals surface area contributed by atoms with Gasteiger partial charge in [-0.3, -0.25) is 9.59 Å². The number of benzene rings is 2. The number of nitrogens with zero attached hydrogens (tertiary/aromatic N) is 2. The van der Waals surface area contributed by atoms with E-state index in [0.717, 1.165) is 12.1 Å². The summed E-state index contributed by atoms with van der Waals surface area (Å²) < 4.78 is 39.5. The Bertz CT molecular complexity index is 957. The second kappa shape index (κ2) is 9.15. The summed E-state index contributed by atoms with van der Waals surface area (Å²) in [6.45, 7) is 1.09. The van der Waals surface area contributed by atoms with Crippen LogP contribution in [0, 0.1) is 5.82 Å². The summed E-state index contributed by atoms with van der Waals surface area (Å²) in [7, 11) is -3.72. The lowest BCUT2D eigenvalue weighted by atomic mass is 10.2. The Balaban J connectivity index is 1.47. The molecule has 0 radical (unpaired) electrons. The highest BCUT2D eigenvalue weighted by atomic mass is 32.2. The number of rotatable bonds is 6. The summed E-state index contributed by atoms with van der Waals surface area (Å²) in [5.41, 5.74) is 0.527. The quantitative estimate of drug-likeness (QED) is 0.768. The molecule has 7 nitrogen and oxygen atoms in total. The average Bonchev–Trinajstić information content (AvgIpc) is 2.74. The molecule has 1 heterocycles. The van der Waals surface area contributed by atoms with E-state index in [-0.39, 0.29) is 55.9 Å². The molecule has 1 aliphatic rings. The van der Waals surface area contributed by atoms with Crippen molar-refractivity contribution >= 4 is 21.8 Å². The van der Waals surface area contributed by atoms with E-state index in [2.05, 4.69) is 5.32 Å². The SMILES string of the molecule is O=C(NCCC(=O)N1CCN(S(=O)(=O)c2ccc(F)cc2)CC1)c1ccccc1. The van der Waals surface area contributed by atoms with Crippen molar-refractivity contribution in [3.05, 3.63) is 66.0 Å². The van der Waals surface area contributed by atoms with E-state index in [4.69, 9.17) is 0 Å². The van der Waals surface area contributed by atoms with E-state index < -0.39 is 15.8 Å². The normalized spacial score (nSPS) is 15.1. The van der Waals surface area contributed by atoms with Crippen LogP contribution in [0.25, 0.3) is 0 Å². The van der Waals surface area contributed by atoms with E-state index in [1.165, 1.54) is 16.4 Å². The monoisotopic (exact) mass is 419 g/mol. The topological polar surface area (TPSA) is 86.8 Å². The van der Waals surface area contributed by atoms with E-state index in [1.807, 2.05) is 6.07 Å². The first-order valence-electron chi connectivity index (χ1n) is 9.24. The highest BCUT2D eigenvalue weighted by molar-refractivity contribution is 7.89. The molecule has 0 unspecified atom stereocenters. The minimum atomic E-state index is -3.72. The highest BCUT2D eigenvalue weighted by Crippen LogP contribution is 2.18. The number of piperazine rings is 1. The van der Waals surface area contributed by atoms with E-state index in [0.29, 0.717) is 5.56 Å². The maximum atomic E-state index is 13.0. The van der Waals surface area contributed by atoms with Crippen molar-refractivity contribution in [3.63, 3.8) is 0 Å². The number of halogens is 1. The number of hydrogen-bond donors (Lipinski definition) is 1. The van der Waals surface area contributed by atoms with E-state index in [1.54, 1.807) is 29.2 Å². The molecule has 29 heavy (non-hydrogen) atoms. The molecule has 1 aliphatic heterocycles. The van der Waals surface area contributed by atoms with Gasteiger partial charge >= 0.3 is 0 Å². The van der Waals surface area contributed by atoms with Crippen molar-refractivity contribution in [3.8, 4) is 0 Å². The van der Waals surface area contributed by atoms with Gasteiger partial charge in [0.25, 0.3) is 5.91 Å². The van der Waals surface area contributed by atoms with Crippen LogP contribution < -0.4 is 5.32 Å². The number of carbonyl (C=O) groups is 2. The fourth-order valence-electron chi connectivity index (χ4n) is 3.07. The number of sulfonamides is 1. The molecule has 0 atom stereocenters. The molecule has 0 bridgehead atoms. The second-order valence-electron chi connectivity index (χ2n) is 6.61. The van der Waals surface area contributed by atoms with Gasteiger partial charge in [0.05, 0.1) is 4.90 Å². The molecule has 3 rings (SSSR count). The lowest BCUT2D eigenvalue weighted by Gasteiger charge is -2.34. The first-order valence-corrected chi connectivity index (χ1v) is 10.7. The summed E-state index contributed by atoms with van der Waals surface area (Å²) in [5.74, 6) is -0.885. The lowest BCUT2D eigenvalue weighted by Crippen LogP contribution is -2.50. The number of hydrogen-bond acceptors (Lipinski definition) is 4. The van der Waals surface area contributed by atoms with E-state index in [9.17, 15) is 22.4 Å². The maximum absolute atomic E-state index is 13.0. The fraction of sp³-hybridized carbons (Fsp3) is 0.300. The van der Waals surface area contributed by atoms with Crippen LogP contribution in [-0.2, 0) is 14.8 Å². The van der Waals surface area contributed by atoms with Crippen LogP contribution in [0.1, 0.15) is 16.8 Å². The maximum Gasteiger partial charge on any atom is 0.251 e. The van der Waals surface area contributed by atoms with Crippen molar-refractivity contribution in [2.45, 2.75) is 11.3 Å². The molecule has 0 aromatic heterocycles. The largest absolute Gasteiger partial charge is 0.352 e. The van der Waals surface area contributed by atoms with Crippen LogP contribution >= 0.6 is 0 Å². The van der Waals surface area contributed by atoms with Gasteiger partial charge in [0.2, 0.25) is 15.9 Å². The summed E-state index contributed by atoms with van der Waals surface area (Å²) in [4.78, 5) is 25.9. The Morgan fingerprint density at radius 2 is 1.55 bits per heavy atom. The van der Waals surface area contributed by atoms with Crippen molar-refractivity contribution < 1.29 is 22.4 Å². The minimum Gasteiger partial charge on any atom is -0.352 e. The Labute approximate surface area is 169 Å². The Morgan fingerprint density at radius 1 is 0.931 bits per heavy atom. The first kappa shape index (κ1) is 20.9. The van der Waals surface area contributed by atoms with Crippen molar-refractivity contribution in [2.75, 3.05) is 32.7 Å². The molecule has 2 amide bonds. The van der Waals surface area contributed by atoms with Gasteiger partial charge < -0.3 is 10.2 Å². The van der Waals surface area contributed by atoms with Gasteiger partial charge in [0, 0.05) is 44.7 Å². The zero-order valence-electron chi connectivity index (χ0n) is 15.8. The average molecular weight is 419 g/mol. The van der Waals surface area contributed by atoms with E-state index >= 15 is 0 Å². The number of amides is 2. The molecule has 1 saturated heterocycles. The predicted molar refractivity (Wildman–Crippen MR) is 105 cm³/mol. The molecule has 0 aliphatic carbocycles. The van der Waals surface area contributed by atoms with Crippen LogP contribution in [0.4, 0.5) is 4.39 Å². The molecule has 0 spiro atoms. The Kier molecular flexibility index (Phi) is 6.60. The zero-order valence-corrected chi connectivity index (χ0v) is 16.6. The van der Waals surface area contributed by atoms with Gasteiger partial charge in [0.15, 0.2) is 0 Å². The molecular weight excluding hydrogens is 397 g/mol. The third-order valence-electron chi connectivity index (χ3n) is 4.70. The van der Waals surface area contributed by atoms with Crippen LogP contribution in [0.15, 0.2) is 59.5 Å². The van der Waals surface area contributed by atoms with Crippen LogP contribution in [0.5, 0.6) is 0 Å². The third-order valence-corrected chi connectivity index (χ3v) is 6.62. The molecule has 154 valence electrons. The van der Waals surface area contributed by atoms with Crippen molar-refractivity contribution in [1.82, 2.24) is 14.5 Å². The van der Waals surface area contributed by atoms with Crippen molar-refractivity contribution in [1.29, 1.82) is 0 Å². The molecule has 0 saturated carbocycles. The first-order chi connectivity index (χ1) is 13.9. The summed E-state index contributed by atoms with van der Waals surface area (Å²) in [6.07, 6.45) is 0.142. The van der Waals surface area contributed by atoms with Gasteiger partial charge in [-0.15, -0.1) is 0 Å². The molecule has 9 heteroatoms. The van der Waals surface area contributed by atoms with Gasteiger partial charge in [-0.1, -0.05) is 18.2 Å². The molecular formula is C20H22FN3O4S. The third kappa shape index (κ3) is 5.18. The van der Waals surface area contributed by atoms with Crippen LogP contribution in [0.2, 0.25) is 0 Å². The molecule has 2 aromatic rings. The predicted octanol–water partition coefficient (Wildman–Crippen LogP) is 1.48. The smallest absolute Gasteiger partial charge is 0.251 e. The second-order valence-corrected chi connectivity index (χ2v) is 8.55. The van der Waals surface area contributed by atoms with Gasteiger partial charge in [-0.2, -0.15) is 4.31 Å². The molecule has 1 N–H and O–H groups in total. The van der Waals surface area contributed by atoms with Crippen LogP contribution in [0.3, 0.4) is 0 Å². The Morgan fingerprint density at radius 3 is 2.17 bits per heavy atom. The van der Waals surface area contributed by atoms with Gasteiger partial charge in [-0.05, 0) is 36.4 Å². The summed E-state index contributed by atoms with van der Waals surface area (Å²) >= 11 is 0. The summed E-state index contributed by atoms with van der Waals surface area (Å²) in [5, 5.41) is 2.70. The van der Waals surface area contributed by atoms with Gasteiger partial charge in [-0.25, -0.2) is 12.8 Å². The number of carbonyl (C=O) groups excluding carboxylic acids is 2. The minimum absolute atomic E-state index is 0.0299. The standard InChI is InChI=1S/C20H22FN3O4S/c21-17-6-8-18(9-7-17)29(27,28)24-14-12-23(13-15-24)19(25)10-11-22-20(26)16-4-2-1-3-5-16/h1-9H,10-15H2,(H,22,26). The van der Waals surface area contributed by atoms with Gasteiger partial charge in [0.1, 0.15) is 5.82 Å².